The zero-order valence-electron chi connectivity index (χ0n) is 9.42. The molecule has 5 nitrogen and oxygen atoms in total. The fraction of sp³-hybridized carbons (Fsp3) is 0.417. The number of benzene rings is 1. The summed E-state index contributed by atoms with van der Waals surface area (Å²) in [5.74, 6) is -0.876. The summed E-state index contributed by atoms with van der Waals surface area (Å²) in [4.78, 5) is 21.6. The predicted octanol–water partition coefficient (Wildman–Crippen LogP) is 2.35. The molecular formula is C12H13NO4. The smallest absolute Gasteiger partial charge is 0.314 e. The molecule has 0 radical (unpaired) electrons. The number of carbonyl (C=O) groups is 1. The Hall–Kier alpha value is -1.91. The van der Waals surface area contributed by atoms with Crippen molar-refractivity contribution in [3.8, 4) is 0 Å². The van der Waals surface area contributed by atoms with Crippen molar-refractivity contribution in [2.45, 2.75) is 25.2 Å². The Morgan fingerprint density at radius 3 is 2.71 bits per heavy atom. The first-order valence-electron chi connectivity index (χ1n) is 5.47. The molecule has 1 N–H and O–H groups in total. The molecule has 1 aliphatic carbocycles. The summed E-state index contributed by atoms with van der Waals surface area (Å²) < 4.78 is 0. The van der Waals surface area contributed by atoms with Gasteiger partial charge in [-0.15, -0.1) is 0 Å². The molecule has 0 heterocycles. The zero-order chi connectivity index (χ0) is 12.6. The second-order valence-corrected chi connectivity index (χ2v) is 4.52. The monoisotopic (exact) mass is 235 g/mol. The van der Waals surface area contributed by atoms with Gasteiger partial charge in [-0.3, -0.25) is 14.9 Å². The summed E-state index contributed by atoms with van der Waals surface area (Å²) >= 11 is 0. The average molecular weight is 235 g/mol. The number of rotatable bonds is 3. The molecule has 1 aromatic rings. The van der Waals surface area contributed by atoms with Crippen LogP contribution in [0.1, 0.15) is 25.3 Å². The van der Waals surface area contributed by atoms with E-state index in [1.54, 1.807) is 12.1 Å². The van der Waals surface area contributed by atoms with Gasteiger partial charge in [-0.05, 0) is 24.3 Å². The largest absolute Gasteiger partial charge is 0.481 e. The van der Waals surface area contributed by atoms with E-state index in [1.807, 2.05) is 6.92 Å². The topological polar surface area (TPSA) is 80.4 Å². The lowest BCUT2D eigenvalue weighted by atomic mass is 9.57. The molecule has 1 fully saturated rings. The minimum absolute atomic E-state index is 0.0157. The van der Waals surface area contributed by atoms with Crippen LogP contribution in [0.5, 0.6) is 0 Å². The summed E-state index contributed by atoms with van der Waals surface area (Å²) in [5, 5.41) is 20.1. The number of carboxylic acids is 1. The molecule has 0 bridgehead atoms. The summed E-state index contributed by atoms with van der Waals surface area (Å²) in [6.45, 7) is 1.87. The second-order valence-electron chi connectivity index (χ2n) is 4.52. The molecule has 0 amide bonds. The van der Waals surface area contributed by atoms with Crippen LogP contribution in [0.25, 0.3) is 0 Å². The summed E-state index contributed by atoms with van der Waals surface area (Å²) in [5.41, 5.74) is -0.452. The van der Waals surface area contributed by atoms with Crippen LogP contribution in [-0.4, -0.2) is 16.0 Å². The normalized spacial score (nSPS) is 27.2. The van der Waals surface area contributed by atoms with Gasteiger partial charge in [0.15, 0.2) is 0 Å². The molecule has 0 spiro atoms. The van der Waals surface area contributed by atoms with Gasteiger partial charge < -0.3 is 5.11 Å². The number of nitro groups is 1. The molecule has 0 aliphatic heterocycles. The van der Waals surface area contributed by atoms with Crippen molar-refractivity contribution in [1.29, 1.82) is 0 Å². The maximum atomic E-state index is 11.4. The highest BCUT2D eigenvalue weighted by molar-refractivity contribution is 5.83. The van der Waals surface area contributed by atoms with Crippen molar-refractivity contribution in [2.75, 3.05) is 0 Å². The first kappa shape index (κ1) is 11.6. The molecule has 1 aromatic carbocycles. The van der Waals surface area contributed by atoms with Gasteiger partial charge in [0.05, 0.1) is 10.3 Å². The molecular weight excluding hydrogens is 222 g/mol. The lowest BCUT2D eigenvalue weighted by Gasteiger charge is -2.44. The Morgan fingerprint density at radius 2 is 2.29 bits per heavy atom. The first-order valence-corrected chi connectivity index (χ1v) is 5.47. The maximum Gasteiger partial charge on any atom is 0.314 e. The van der Waals surface area contributed by atoms with E-state index in [0.717, 1.165) is 6.42 Å². The Bertz CT molecular complexity index is 485. The minimum atomic E-state index is -0.938. The highest BCUT2D eigenvalue weighted by Gasteiger charge is 2.52. The average Bonchev–Trinajstić information content (AvgIpc) is 2.27. The molecule has 0 aromatic heterocycles. The van der Waals surface area contributed by atoms with Crippen LogP contribution in [-0.2, 0) is 10.2 Å². The van der Waals surface area contributed by atoms with Crippen LogP contribution in [0.4, 0.5) is 5.69 Å². The van der Waals surface area contributed by atoms with Crippen molar-refractivity contribution < 1.29 is 14.8 Å². The lowest BCUT2D eigenvalue weighted by Crippen LogP contribution is -2.49. The predicted molar refractivity (Wildman–Crippen MR) is 60.8 cm³/mol. The Labute approximate surface area is 98.2 Å². The van der Waals surface area contributed by atoms with Crippen LogP contribution in [0, 0.1) is 16.0 Å². The number of nitrogens with zero attached hydrogens (tertiary/aromatic N) is 1. The van der Waals surface area contributed by atoms with Crippen LogP contribution in [0.15, 0.2) is 24.3 Å². The number of non-ortho nitro benzene ring substituents is 1. The standard InChI is InChI=1S/C12H13NO4/c1-8-5-6-12(8,11(14)15)9-3-2-4-10(7-9)13(16)17/h2-4,7-8H,5-6H2,1H3,(H,14,15). The number of hydrogen-bond donors (Lipinski definition) is 1. The van der Waals surface area contributed by atoms with E-state index < -0.39 is 16.3 Å². The Kier molecular flexibility index (Phi) is 2.61. The van der Waals surface area contributed by atoms with Crippen molar-refractivity contribution in [1.82, 2.24) is 0 Å². The van der Waals surface area contributed by atoms with Crippen LogP contribution < -0.4 is 0 Å². The van der Waals surface area contributed by atoms with E-state index in [2.05, 4.69) is 0 Å². The Balaban J connectivity index is 2.48. The van der Waals surface area contributed by atoms with E-state index in [1.165, 1.54) is 12.1 Å². The van der Waals surface area contributed by atoms with E-state index in [4.69, 9.17) is 0 Å². The summed E-state index contributed by atoms with van der Waals surface area (Å²) in [6.07, 6.45) is 1.39. The van der Waals surface area contributed by atoms with Crippen molar-refractivity contribution in [3.05, 3.63) is 39.9 Å². The third kappa shape index (κ3) is 1.58. The molecule has 0 saturated heterocycles. The van der Waals surface area contributed by atoms with Gasteiger partial charge in [-0.25, -0.2) is 0 Å². The third-order valence-corrected chi connectivity index (χ3v) is 3.77. The SMILES string of the molecule is CC1CCC1(C(=O)O)c1cccc([N+](=O)[O-])c1. The number of hydrogen-bond acceptors (Lipinski definition) is 3. The fourth-order valence-corrected chi connectivity index (χ4v) is 2.49. The molecule has 1 aliphatic rings. The molecule has 2 unspecified atom stereocenters. The Morgan fingerprint density at radius 1 is 1.59 bits per heavy atom. The van der Waals surface area contributed by atoms with Crippen LogP contribution >= 0.6 is 0 Å². The molecule has 2 atom stereocenters. The van der Waals surface area contributed by atoms with Gasteiger partial charge in [0.25, 0.3) is 5.69 Å². The highest BCUT2D eigenvalue weighted by atomic mass is 16.6. The summed E-state index contributed by atoms with van der Waals surface area (Å²) in [6, 6.07) is 5.96. The van der Waals surface area contributed by atoms with E-state index in [0.29, 0.717) is 12.0 Å². The number of carboxylic acid groups (broad SMARTS) is 1. The van der Waals surface area contributed by atoms with E-state index in [9.17, 15) is 20.0 Å². The first-order chi connectivity index (χ1) is 7.98. The van der Waals surface area contributed by atoms with E-state index in [-0.39, 0.29) is 11.6 Å². The van der Waals surface area contributed by atoms with Crippen molar-refractivity contribution in [3.63, 3.8) is 0 Å². The van der Waals surface area contributed by atoms with Crippen LogP contribution in [0.2, 0.25) is 0 Å². The molecule has 17 heavy (non-hydrogen) atoms. The van der Waals surface area contributed by atoms with E-state index >= 15 is 0 Å². The fourth-order valence-electron chi connectivity index (χ4n) is 2.49. The van der Waals surface area contributed by atoms with Crippen molar-refractivity contribution >= 4 is 11.7 Å². The quantitative estimate of drug-likeness (QED) is 0.644. The maximum absolute atomic E-state index is 11.4. The molecule has 90 valence electrons. The molecule has 1 saturated carbocycles. The van der Waals surface area contributed by atoms with Gasteiger partial charge in [-0.2, -0.15) is 0 Å². The second kappa shape index (κ2) is 3.84. The van der Waals surface area contributed by atoms with Gasteiger partial charge in [0.1, 0.15) is 0 Å². The lowest BCUT2D eigenvalue weighted by molar-refractivity contribution is -0.385. The van der Waals surface area contributed by atoms with Gasteiger partial charge in [-0.1, -0.05) is 19.1 Å². The molecule has 5 heteroatoms. The molecule has 2 rings (SSSR count). The zero-order valence-corrected chi connectivity index (χ0v) is 9.42. The third-order valence-electron chi connectivity index (χ3n) is 3.77. The summed E-state index contributed by atoms with van der Waals surface area (Å²) in [7, 11) is 0. The highest BCUT2D eigenvalue weighted by Crippen LogP contribution is 2.49. The minimum Gasteiger partial charge on any atom is -0.481 e. The number of aliphatic carboxylic acids is 1. The van der Waals surface area contributed by atoms with Crippen LogP contribution in [0.3, 0.4) is 0 Å². The van der Waals surface area contributed by atoms with Gasteiger partial charge in [0.2, 0.25) is 0 Å². The van der Waals surface area contributed by atoms with Gasteiger partial charge >= 0.3 is 5.97 Å². The number of nitro benzene ring substituents is 1. The van der Waals surface area contributed by atoms with Crippen molar-refractivity contribution in [2.24, 2.45) is 5.92 Å². The van der Waals surface area contributed by atoms with Gasteiger partial charge in [0, 0.05) is 12.1 Å².